The molecule has 0 spiro atoms. The van der Waals surface area contributed by atoms with Gasteiger partial charge >= 0.3 is 0 Å². The molecule has 4 heteroatoms. The van der Waals surface area contributed by atoms with E-state index in [2.05, 4.69) is 4.98 Å². The topological polar surface area (TPSA) is 12.9 Å². The van der Waals surface area contributed by atoms with Crippen LogP contribution in [0.15, 0.2) is 24.4 Å². The van der Waals surface area contributed by atoms with E-state index in [4.69, 9.17) is 23.2 Å². The van der Waals surface area contributed by atoms with Crippen LogP contribution < -0.4 is 0 Å². The molecule has 2 rings (SSSR count). The van der Waals surface area contributed by atoms with Gasteiger partial charge in [-0.2, -0.15) is 0 Å². The fourth-order valence-electron chi connectivity index (χ4n) is 1.31. The van der Waals surface area contributed by atoms with Gasteiger partial charge in [0.2, 0.25) is 0 Å². The van der Waals surface area contributed by atoms with Crippen LogP contribution in [0.2, 0.25) is 5.02 Å². The number of hydrogen-bond acceptors (Lipinski definition) is 1. The Balaban J connectivity index is 0.000000606. The van der Waals surface area contributed by atoms with E-state index in [0.717, 1.165) is 5.56 Å². The van der Waals surface area contributed by atoms with Crippen LogP contribution in [0.5, 0.6) is 0 Å². The molecule has 1 aromatic heterocycles. The number of aromatic nitrogens is 1. The van der Waals surface area contributed by atoms with Gasteiger partial charge in [0.1, 0.15) is 11.3 Å². The van der Waals surface area contributed by atoms with E-state index >= 15 is 0 Å². The van der Waals surface area contributed by atoms with Crippen LogP contribution in [0.25, 0.3) is 10.9 Å². The van der Waals surface area contributed by atoms with Gasteiger partial charge in [-0.1, -0.05) is 25.4 Å². The summed E-state index contributed by atoms with van der Waals surface area (Å²) in [6, 6.07) is 4.84. The molecule has 0 N–H and O–H groups in total. The van der Waals surface area contributed by atoms with Crippen molar-refractivity contribution in [3.05, 3.63) is 40.8 Å². The van der Waals surface area contributed by atoms with Crippen LogP contribution >= 0.6 is 23.2 Å². The van der Waals surface area contributed by atoms with Gasteiger partial charge < -0.3 is 0 Å². The summed E-state index contributed by atoms with van der Waals surface area (Å²) >= 11 is 11.4. The Morgan fingerprint density at radius 2 is 1.94 bits per heavy atom. The minimum Gasteiger partial charge on any atom is -0.252 e. The highest BCUT2D eigenvalue weighted by Gasteiger charge is 2.04. The first-order valence-electron chi connectivity index (χ1n) is 5.00. The molecule has 0 amide bonds. The van der Waals surface area contributed by atoms with Crippen LogP contribution in [0.1, 0.15) is 19.4 Å². The summed E-state index contributed by atoms with van der Waals surface area (Å²) in [6.07, 6.45) is 1.42. The number of halogens is 3. The molecular weight excluding hydrogens is 248 g/mol. The maximum absolute atomic E-state index is 13.4. The van der Waals surface area contributed by atoms with Crippen molar-refractivity contribution in [3.8, 4) is 0 Å². The fraction of sp³-hybridized carbons (Fsp3) is 0.250. The van der Waals surface area contributed by atoms with Crippen molar-refractivity contribution in [1.82, 2.24) is 4.98 Å². The van der Waals surface area contributed by atoms with E-state index in [1.807, 2.05) is 13.8 Å². The highest BCUT2D eigenvalue weighted by molar-refractivity contribution is 6.31. The first-order valence-corrected chi connectivity index (χ1v) is 5.91. The van der Waals surface area contributed by atoms with Crippen molar-refractivity contribution >= 4 is 34.1 Å². The molecule has 0 bridgehead atoms. The van der Waals surface area contributed by atoms with Crippen molar-refractivity contribution in [1.29, 1.82) is 0 Å². The van der Waals surface area contributed by atoms with Crippen LogP contribution in [-0.4, -0.2) is 4.98 Å². The SMILES string of the molecule is CC.Fc1cc(CCl)cc2cc(Cl)cnc12. The summed E-state index contributed by atoms with van der Waals surface area (Å²) in [5.74, 6) is -0.0888. The fourth-order valence-corrected chi connectivity index (χ4v) is 1.63. The second kappa shape index (κ2) is 6.02. The molecule has 1 aromatic carbocycles. The average molecular weight is 260 g/mol. The molecule has 0 saturated carbocycles. The number of hydrogen-bond donors (Lipinski definition) is 0. The number of alkyl halides is 1. The van der Waals surface area contributed by atoms with E-state index in [1.165, 1.54) is 12.3 Å². The quantitative estimate of drug-likeness (QED) is 0.671. The molecule has 0 atom stereocenters. The Bertz CT molecular complexity index is 486. The Hall–Kier alpha value is -0.860. The van der Waals surface area contributed by atoms with Crippen LogP contribution in [-0.2, 0) is 5.88 Å². The highest BCUT2D eigenvalue weighted by Crippen LogP contribution is 2.21. The van der Waals surface area contributed by atoms with E-state index in [-0.39, 0.29) is 11.7 Å². The summed E-state index contributed by atoms with van der Waals surface area (Å²) in [5.41, 5.74) is 1.05. The van der Waals surface area contributed by atoms with Crippen molar-refractivity contribution in [2.75, 3.05) is 0 Å². The largest absolute Gasteiger partial charge is 0.252 e. The number of nitrogens with zero attached hydrogens (tertiary/aromatic N) is 1. The van der Waals surface area contributed by atoms with Crippen LogP contribution in [0.4, 0.5) is 4.39 Å². The monoisotopic (exact) mass is 259 g/mol. The van der Waals surface area contributed by atoms with Gasteiger partial charge in [-0.05, 0) is 23.8 Å². The third-order valence-corrected chi connectivity index (χ3v) is 2.43. The van der Waals surface area contributed by atoms with E-state index in [1.54, 1.807) is 12.1 Å². The molecule has 0 unspecified atom stereocenters. The van der Waals surface area contributed by atoms with Gasteiger partial charge in [-0.25, -0.2) is 4.39 Å². The summed E-state index contributed by atoms with van der Waals surface area (Å²) in [6.45, 7) is 4.00. The molecule has 0 saturated heterocycles. The summed E-state index contributed by atoms with van der Waals surface area (Å²) < 4.78 is 13.4. The normalized spacial score (nSPS) is 9.81. The first-order chi connectivity index (χ1) is 7.70. The first kappa shape index (κ1) is 13.2. The molecular formula is C12H12Cl2FN. The zero-order chi connectivity index (χ0) is 12.1. The average Bonchev–Trinajstić information content (AvgIpc) is 2.30. The molecule has 1 heterocycles. The molecule has 86 valence electrons. The molecule has 16 heavy (non-hydrogen) atoms. The lowest BCUT2D eigenvalue weighted by Crippen LogP contribution is -1.87. The van der Waals surface area contributed by atoms with E-state index in [0.29, 0.717) is 15.9 Å². The second-order valence-corrected chi connectivity index (χ2v) is 3.64. The standard InChI is InChI=1S/C10H6Cl2FN.C2H6/c11-4-6-1-7-3-8(12)5-14-10(7)9(13)2-6;1-2/h1-3,5H,4H2;1-2H3. The zero-order valence-electron chi connectivity index (χ0n) is 9.10. The molecule has 1 nitrogen and oxygen atoms in total. The maximum atomic E-state index is 13.4. The molecule has 0 radical (unpaired) electrons. The number of fused-ring (bicyclic) bond motifs is 1. The van der Waals surface area contributed by atoms with Gasteiger partial charge in [0.15, 0.2) is 0 Å². The minimum atomic E-state index is -0.366. The third kappa shape index (κ3) is 2.83. The minimum absolute atomic E-state index is 0.277. The van der Waals surface area contributed by atoms with Crippen LogP contribution in [0, 0.1) is 5.82 Å². The molecule has 2 aromatic rings. The number of rotatable bonds is 1. The summed E-state index contributed by atoms with van der Waals surface area (Å²) in [5, 5.41) is 1.16. The molecule has 0 aliphatic rings. The Labute approximate surface area is 104 Å². The van der Waals surface area contributed by atoms with Gasteiger partial charge in [-0.3, -0.25) is 4.98 Å². The zero-order valence-corrected chi connectivity index (χ0v) is 10.6. The Morgan fingerprint density at radius 1 is 1.25 bits per heavy atom. The summed E-state index contributed by atoms with van der Waals surface area (Å²) in [4.78, 5) is 3.91. The van der Waals surface area contributed by atoms with Gasteiger partial charge in [0.05, 0.1) is 5.02 Å². The van der Waals surface area contributed by atoms with E-state index < -0.39 is 0 Å². The van der Waals surface area contributed by atoms with Crippen molar-refractivity contribution in [2.24, 2.45) is 0 Å². The molecule has 0 aliphatic carbocycles. The number of benzene rings is 1. The van der Waals surface area contributed by atoms with Crippen molar-refractivity contribution < 1.29 is 4.39 Å². The van der Waals surface area contributed by atoms with Crippen LogP contribution in [0.3, 0.4) is 0 Å². The number of pyridine rings is 1. The lowest BCUT2D eigenvalue weighted by atomic mass is 10.1. The third-order valence-electron chi connectivity index (χ3n) is 1.92. The highest BCUT2D eigenvalue weighted by atomic mass is 35.5. The summed E-state index contributed by atoms with van der Waals surface area (Å²) in [7, 11) is 0. The lowest BCUT2D eigenvalue weighted by molar-refractivity contribution is 0.635. The van der Waals surface area contributed by atoms with Gasteiger partial charge in [0, 0.05) is 17.5 Å². The Morgan fingerprint density at radius 3 is 2.56 bits per heavy atom. The Kier molecular flexibility index (Phi) is 4.97. The molecule has 0 aliphatic heterocycles. The smallest absolute Gasteiger partial charge is 0.149 e. The second-order valence-electron chi connectivity index (χ2n) is 2.94. The van der Waals surface area contributed by atoms with Crippen molar-refractivity contribution in [2.45, 2.75) is 19.7 Å². The molecule has 0 fully saturated rings. The van der Waals surface area contributed by atoms with Gasteiger partial charge in [0.25, 0.3) is 0 Å². The maximum Gasteiger partial charge on any atom is 0.149 e. The predicted molar refractivity (Wildman–Crippen MR) is 67.6 cm³/mol. The lowest BCUT2D eigenvalue weighted by Gasteiger charge is -2.02. The van der Waals surface area contributed by atoms with Gasteiger partial charge in [-0.15, -0.1) is 11.6 Å². The van der Waals surface area contributed by atoms with Crippen molar-refractivity contribution in [3.63, 3.8) is 0 Å². The predicted octanol–water partition coefficient (Wildman–Crippen LogP) is 4.79. The van der Waals surface area contributed by atoms with E-state index in [9.17, 15) is 4.39 Å².